The van der Waals surface area contributed by atoms with Crippen LogP contribution in [-0.2, 0) is 9.53 Å². The van der Waals surface area contributed by atoms with Gasteiger partial charge in [0.05, 0.1) is 25.8 Å². The molecule has 3 fully saturated rings. The van der Waals surface area contributed by atoms with Crippen LogP contribution in [0.4, 0.5) is 0 Å². The third-order valence-corrected chi connectivity index (χ3v) is 6.23. The summed E-state index contributed by atoms with van der Waals surface area (Å²) in [6.07, 6.45) is 4.81. The monoisotopic (exact) mass is 348 g/mol. The normalized spacial score (nSPS) is 26.1. The molecule has 1 amide bonds. The van der Waals surface area contributed by atoms with Gasteiger partial charge in [-0.05, 0) is 18.8 Å². The van der Waals surface area contributed by atoms with Crippen LogP contribution in [0, 0.1) is 17.2 Å². The fourth-order valence-corrected chi connectivity index (χ4v) is 4.67. The Bertz CT molecular complexity index is 502. The van der Waals surface area contributed by atoms with Gasteiger partial charge in [-0.2, -0.15) is 5.26 Å². The van der Waals surface area contributed by atoms with Crippen molar-refractivity contribution in [2.75, 3.05) is 52.5 Å². The van der Waals surface area contributed by atoms with Crippen LogP contribution in [0.1, 0.15) is 39.5 Å². The number of hydrogen-bond donors (Lipinski definition) is 0. The Hall–Kier alpha value is -1.16. The van der Waals surface area contributed by atoms with Gasteiger partial charge in [0.2, 0.25) is 5.91 Å². The van der Waals surface area contributed by atoms with Gasteiger partial charge in [-0.1, -0.05) is 26.7 Å². The smallest absolute Gasteiger partial charge is 0.236 e. The first-order valence-electron chi connectivity index (χ1n) is 9.80. The lowest BCUT2D eigenvalue weighted by molar-refractivity contribution is -0.140. The Balaban J connectivity index is 1.53. The van der Waals surface area contributed by atoms with Crippen LogP contribution >= 0.6 is 0 Å². The first-order chi connectivity index (χ1) is 12.1. The number of nitrogens with zero attached hydrogens (tertiary/aromatic N) is 4. The van der Waals surface area contributed by atoms with Gasteiger partial charge in [-0.15, -0.1) is 0 Å². The number of carbonyl (C=O) groups excluding carboxylic acids is 1. The van der Waals surface area contributed by atoms with Gasteiger partial charge >= 0.3 is 0 Å². The van der Waals surface area contributed by atoms with Crippen molar-refractivity contribution in [1.29, 1.82) is 5.26 Å². The van der Waals surface area contributed by atoms with Gasteiger partial charge in [-0.25, -0.2) is 0 Å². The Morgan fingerprint density at radius 1 is 1.16 bits per heavy atom. The molecule has 3 rings (SSSR count). The third-order valence-electron chi connectivity index (χ3n) is 6.23. The van der Waals surface area contributed by atoms with E-state index in [1.807, 2.05) is 4.90 Å². The summed E-state index contributed by atoms with van der Waals surface area (Å²) in [6.45, 7) is 10.2. The van der Waals surface area contributed by atoms with Crippen LogP contribution in [-0.4, -0.2) is 84.7 Å². The highest BCUT2D eigenvalue weighted by Gasteiger charge is 2.43. The zero-order valence-corrected chi connectivity index (χ0v) is 15.7. The Morgan fingerprint density at radius 2 is 1.84 bits per heavy atom. The van der Waals surface area contributed by atoms with Crippen molar-refractivity contribution in [3.05, 3.63) is 0 Å². The Morgan fingerprint density at radius 3 is 2.44 bits per heavy atom. The minimum absolute atomic E-state index is 0.0433. The number of rotatable bonds is 4. The number of amides is 1. The summed E-state index contributed by atoms with van der Waals surface area (Å²) in [6, 6.07) is 2.37. The third kappa shape index (κ3) is 3.99. The van der Waals surface area contributed by atoms with Crippen LogP contribution in [0.5, 0.6) is 0 Å². The topological polar surface area (TPSA) is 59.8 Å². The van der Waals surface area contributed by atoms with Gasteiger partial charge in [0, 0.05) is 38.3 Å². The number of piperazine rings is 1. The highest BCUT2D eigenvalue weighted by atomic mass is 16.5. The molecule has 0 radical (unpaired) electrons. The van der Waals surface area contributed by atoms with Crippen molar-refractivity contribution in [3.8, 4) is 6.07 Å². The molecular weight excluding hydrogens is 316 g/mol. The maximum absolute atomic E-state index is 12.8. The van der Waals surface area contributed by atoms with E-state index in [-0.39, 0.29) is 17.5 Å². The molecule has 6 heteroatoms. The van der Waals surface area contributed by atoms with E-state index in [0.717, 1.165) is 58.8 Å². The van der Waals surface area contributed by atoms with E-state index >= 15 is 0 Å². The number of ether oxygens (including phenoxy) is 1. The second-order valence-electron chi connectivity index (χ2n) is 8.14. The highest BCUT2D eigenvalue weighted by Crippen LogP contribution is 2.37. The molecular formula is C19H32N4O2. The molecule has 1 saturated carbocycles. The summed E-state index contributed by atoms with van der Waals surface area (Å²) < 4.78 is 5.74. The molecule has 0 bridgehead atoms. The summed E-state index contributed by atoms with van der Waals surface area (Å²) in [4.78, 5) is 19.5. The molecule has 1 spiro atoms. The zero-order valence-electron chi connectivity index (χ0n) is 15.7. The molecule has 1 atom stereocenters. The molecule has 0 aromatic rings. The molecule has 1 unspecified atom stereocenters. The van der Waals surface area contributed by atoms with Crippen molar-refractivity contribution in [3.63, 3.8) is 0 Å². The predicted octanol–water partition coefficient (Wildman–Crippen LogP) is 1.32. The average Bonchev–Trinajstić information content (AvgIpc) is 3.07. The second-order valence-corrected chi connectivity index (χ2v) is 8.14. The molecule has 2 aliphatic heterocycles. The highest BCUT2D eigenvalue weighted by molar-refractivity contribution is 5.78. The first kappa shape index (κ1) is 18.6. The van der Waals surface area contributed by atoms with Crippen LogP contribution in [0.3, 0.4) is 0 Å². The van der Waals surface area contributed by atoms with Gasteiger partial charge in [0.1, 0.15) is 6.04 Å². The van der Waals surface area contributed by atoms with Crippen molar-refractivity contribution < 1.29 is 9.53 Å². The molecule has 6 nitrogen and oxygen atoms in total. The molecule has 0 aromatic heterocycles. The van der Waals surface area contributed by atoms with E-state index in [9.17, 15) is 10.1 Å². The lowest BCUT2D eigenvalue weighted by Crippen LogP contribution is -2.59. The van der Waals surface area contributed by atoms with Crippen LogP contribution in [0.2, 0.25) is 0 Å². The van der Waals surface area contributed by atoms with Crippen molar-refractivity contribution >= 4 is 5.91 Å². The second kappa shape index (κ2) is 8.03. The molecule has 1 aliphatic carbocycles. The maximum Gasteiger partial charge on any atom is 0.236 e. The van der Waals surface area contributed by atoms with Gasteiger partial charge < -0.3 is 9.64 Å². The summed E-state index contributed by atoms with van der Waals surface area (Å²) in [5, 5.41) is 9.37. The fraction of sp³-hybridized carbons (Fsp3) is 0.895. The largest absolute Gasteiger partial charge is 0.378 e. The molecule has 2 saturated heterocycles. The Kier molecular flexibility index (Phi) is 5.98. The SMILES string of the molecule is CC(C)C(C#N)N1CCN(C(=O)CN2CCOCC23CCCC3)CC1. The molecule has 140 valence electrons. The van der Waals surface area contributed by atoms with Crippen molar-refractivity contribution in [2.45, 2.75) is 51.1 Å². The van der Waals surface area contributed by atoms with Crippen molar-refractivity contribution in [1.82, 2.24) is 14.7 Å². The standard InChI is InChI=1S/C19H32N4O2/c1-16(2)17(13-20)21-7-9-22(10-8-21)18(24)14-23-11-12-25-15-19(23)5-3-4-6-19/h16-17H,3-12,14-15H2,1-2H3. The predicted molar refractivity (Wildman–Crippen MR) is 96.0 cm³/mol. The van der Waals surface area contributed by atoms with E-state index in [2.05, 4.69) is 29.7 Å². The molecule has 25 heavy (non-hydrogen) atoms. The summed E-state index contributed by atoms with van der Waals surface area (Å²) in [5.74, 6) is 0.564. The summed E-state index contributed by atoms with van der Waals surface area (Å²) in [5.41, 5.74) is 0.110. The maximum atomic E-state index is 12.8. The number of nitriles is 1. The van der Waals surface area contributed by atoms with E-state index < -0.39 is 0 Å². The quantitative estimate of drug-likeness (QED) is 0.767. The Labute approximate surface area is 151 Å². The molecule has 0 N–H and O–H groups in total. The van der Waals surface area contributed by atoms with Gasteiger partial charge in [0.15, 0.2) is 0 Å². The lowest BCUT2D eigenvalue weighted by Gasteiger charge is -2.45. The van der Waals surface area contributed by atoms with Crippen LogP contribution in [0.25, 0.3) is 0 Å². The van der Waals surface area contributed by atoms with E-state index in [4.69, 9.17) is 4.74 Å². The van der Waals surface area contributed by atoms with E-state index in [1.54, 1.807) is 0 Å². The molecule has 3 aliphatic rings. The number of morpholine rings is 1. The van der Waals surface area contributed by atoms with Crippen molar-refractivity contribution in [2.24, 2.45) is 5.92 Å². The minimum Gasteiger partial charge on any atom is -0.378 e. The number of carbonyl (C=O) groups is 1. The fourth-order valence-electron chi connectivity index (χ4n) is 4.67. The van der Waals surface area contributed by atoms with Crippen LogP contribution in [0.15, 0.2) is 0 Å². The summed E-state index contributed by atoms with van der Waals surface area (Å²) in [7, 11) is 0. The lowest BCUT2D eigenvalue weighted by atomic mass is 9.94. The number of hydrogen-bond acceptors (Lipinski definition) is 5. The molecule has 0 aromatic carbocycles. The zero-order chi connectivity index (χ0) is 17.9. The van der Waals surface area contributed by atoms with E-state index in [1.165, 1.54) is 12.8 Å². The summed E-state index contributed by atoms with van der Waals surface area (Å²) >= 11 is 0. The van der Waals surface area contributed by atoms with Crippen LogP contribution < -0.4 is 0 Å². The molecule has 2 heterocycles. The first-order valence-corrected chi connectivity index (χ1v) is 9.80. The van der Waals surface area contributed by atoms with Gasteiger partial charge in [0.25, 0.3) is 0 Å². The average molecular weight is 348 g/mol. The van der Waals surface area contributed by atoms with Gasteiger partial charge in [-0.3, -0.25) is 14.6 Å². The van der Waals surface area contributed by atoms with E-state index in [0.29, 0.717) is 12.5 Å². The minimum atomic E-state index is -0.0433.